The third-order valence-corrected chi connectivity index (χ3v) is 12.1. The highest BCUT2D eigenvalue weighted by Gasteiger charge is 2.23. The van der Waals surface area contributed by atoms with E-state index in [1.54, 1.807) is 6.08 Å². The molecule has 2 N–H and O–H groups in total. The molecular formula is C49H97N2O6P. The molecule has 0 aromatic rings. The molecule has 58 heavy (non-hydrogen) atoms. The van der Waals surface area contributed by atoms with E-state index in [4.69, 9.17) is 9.05 Å². The number of quaternary nitrogens is 1. The van der Waals surface area contributed by atoms with Crippen LogP contribution in [0.3, 0.4) is 0 Å². The van der Waals surface area contributed by atoms with Crippen molar-refractivity contribution in [2.45, 2.75) is 244 Å². The minimum atomic E-state index is -4.57. The first-order valence-corrected chi connectivity index (χ1v) is 26.2. The molecule has 0 fully saturated rings. The largest absolute Gasteiger partial charge is 0.756 e. The summed E-state index contributed by atoms with van der Waals surface area (Å²) >= 11 is 0. The van der Waals surface area contributed by atoms with E-state index in [-0.39, 0.29) is 19.1 Å². The number of rotatable bonds is 45. The van der Waals surface area contributed by atoms with Crippen LogP contribution in [-0.2, 0) is 18.4 Å². The van der Waals surface area contributed by atoms with Crippen LogP contribution < -0.4 is 10.2 Å². The number of hydrogen-bond donors (Lipinski definition) is 2. The van der Waals surface area contributed by atoms with Crippen molar-refractivity contribution in [1.29, 1.82) is 0 Å². The van der Waals surface area contributed by atoms with E-state index < -0.39 is 20.0 Å². The number of carbonyl (C=O) groups excluding carboxylic acids is 1. The summed E-state index contributed by atoms with van der Waals surface area (Å²) < 4.78 is 23.0. The summed E-state index contributed by atoms with van der Waals surface area (Å²) in [6.45, 7) is 4.54. The van der Waals surface area contributed by atoms with Gasteiger partial charge in [-0.25, -0.2) is 0 Å². The zero-order valence-electron chi connectivity index (χ0n) is 39.0. The average molecular weight is 841 g/mol. The Labute approximate surface area is 360 Å². The second kappa shape index (κ2) is 41.3. The van der Waals surface area contributed by atoms with Gasteiger partial charge in [0.25, 0.3) is 7.82 Å². The van der Waals surface area contributed by atoms with Crippen molar-refractivity contribution < 1.29 is 32.9 Å². The van der Waals surface area contributed by atoms with Crippen molar-refractivity contribution in [3.8, 4) is 0 Å². The molecule has 0 heterocycles. The van der Waals surface area contributed by atoms with Crippen molar-refractivity contribution in [2.24, 2.45) is 0 Å². The number of phosphoric ester groups is 1. The first-order chi connectivity index (χ1) is 28.0. The monoisotopic (exact) mass is 841 g/mol. The molecule has 8 nitrogen and oxygen atoms in total. The molecule has 0 aliphatic rings. The Morgan fingerprint density at radius 2 is 0.948 bits per heavy atom. The lowest BCUT2D eigenvalue weighted by Gasteiger charge is -2.29. The molecule has 3 atom stereocenters. The third-order valence-electron chi connectivity index (χ3n) is 11.2. The van der Waals surface area contributed by atoms with Crippen molar-refractivity contribution in [3.05, 3.63) is 24.3 Å². The van der Waals surface area contributed by atoms with E-state index in [0.717, 1.165) is 44.9 Å². The van der Waals surface area contributed by atoms with Gasteiger partial charge in [0.05, 0.1) is 39.9 Å². The van der Waals surface area contributed by atoms with Crippen LogP contribution in [0.4, 0.5) is 0 Å². The minimum Gasteiger partial charge on any atom is -0.756 e. The Morgan fingerprint density at radius 3 is 1.38 bits per heavy atom. The number of likely N-dealkylation sites (N-methyl/N-ethyl adjacent to an activating group) is 1. The number of aliphatic hydroxyl groups excluding tert-OH is 1. The van der Waals surface area contributed by atoms with E-state index in [1.807, 2.05) is 27.2 Å². The lowest BCUT2D eigenvalue weighted by molar-refractivity contribution is -0.870. The molecule has 0 aromatic heterocycles. The lowest BCUT2D eigenvalue weighted by Crippen LogP contribution is -2.45. The topological polar surface area (TPSA) is 108 Å². The number of unbranched alkanes of at least 4 members (excludes halogenated alkanes) is 30. The highest BCUT2D eigenvalue weighted by Crippen LogP contribution is 2.38. The van der Waals surface area contributed by atoms with Crippen molar-refractivity contribution >= 4 is 13.7 Å². The van der Waals surface area contributed by atoms with Gasteiger partial charge in [-0.2, -0.15) is 0 Å². The van der Waals surface area contributed by atoms with Gasteiger partial charge in [0.2, 0.25) is 5.91 Å². The van der Waals surface area contributed by atoms with Gasteiger partial charge in [-0.05, 0) is 44.9 Å². The van der Waals surface area contributed by atoms with E-state index in [9.17, 15) is 19.4 Å². The molecular weight excluding hydrogens is 744 g/mol. The molecule has 0 aromatic carbocycles. The maximum atomic E-state index is 12.8. The first-order valence-electron chi connectivity index (χ1n) is 24.7. The molecule has 0 aliphatic carbocycles. The van der Waals surface area contributed by atoms with Crippen LogP contribution in [0.2, 0.25) is 0 Å². The molecule has 0 saturated carbocycles. The van der Waals surface area contributed by atoms with Gasteiger partial charge in [0, 0.05) is 6.42 Å². The summed E-state index contributed by atoms with van der Waals surface area (Å²) in [5.74, 6) is -0.202. The summed E-state index contributed by atoms with van der Waals surface area (Å²) in [7, 11) is 1.26. The van der Waals surface area contributed by atoms with Gasteiger partial charge < -0.3 is 28.8 Å². The fourth-order valence-electron chi connectivity index (χ4n) is 7.21. The van der Waals surface area contributed by atoms with Gasteiger partial charge >= 0.3 is 0 Å². The molecule has 3 unspecified atom stereocenters. The van der Waals surface area contributed by atoms with Crippen molar-refractivity contribution in [3.63, 3.8) is 0 Å². The number of allylic oxidation sites excluding steroid dienone is 3. The zero-order valence-corrected chi connectivity index (χ0v) is 39.9. The van der Waals surface area contributed by atoms with Crippen molar-refractivity contribution in [2.75, 3.05) is 40.9 Å². The minimum absolute atomic E-state index is 0.000194. The van der Waals surface area contributed by atoms with Gasteiger partial charge in [-0.1, -0.05) is 205 Å². The van der Waals surface area contributed by atoms with Crippen LogP contribution in [0.5, 0.6) is 0 Å². The molecule has 0 radical (unpaired) electrons. The Balaban J connectivity index is 3.81. The zero-order chi connectivity index (χ0) is 42.8. The van der Waals surface area contributed by atoms with E-state index in [1.165, 1.54) is 167 Å². The van der Waals surface area contributed by atoms with Crippen molar-refractivity contribution in [1.82, 2.24) is 5.32 Å². The van der Waals surface area contributed by atoms with Gasteiger partial charge in [-0.3, -0.25) is 9.36 Å². The number of nitrogens with one attached hydrogen (secondary N) is 1. The van der Waals surface area contributed by atoms with Crippen LogP contribution in [0.1, 0.15) is 232 Å². The summed E-state index contributed by atoms with van der Waals surface area (Å²) in [6, 6.07) is -0.879. The predicted octanol–water partition coefficient (Wildman–Crippen LogP) is 13.5. The normalized spacial score (nSPS) is 14.4. The predicted molar refractivity (Wildman–Crippen MR) is 247 cm³/mol. The number of nitrogens with zero attached hydrogens (tertiary/aromatic N) is 1. The van der Waals surface area contributed by atoms with E-state index in [2.05, 4.69) is 31.3 Å². The van der Waals surface area contributed by atoms with Crippen LogP contribution >= 0.6 is 7.82 Å². The molecule has 0 saturated heterocycles. The molecule has 344 valence electrons. The molecule has 9 heteroatoms. The maximum absolute atomic E-state index is 12.8. The lowest BCUT2D eigenvalue weighted by atomic mass is 10.0. The van der Waals surface area contributed by atoms with Crippen LogP contribution in [0, 0.1) is 0 Å². The quantitative estimate of drug-likeness (QED) is 0.0274. The number of amides is 1. The highest BCUT2D eigenvalue weighted by molar-refractivity contribution is 7.45. The van der Waals surface area contributed by atoms with Gasteiger partial charge in [0.1, 0.15) is 13.2 Å². The molecule has 0 bridgehead atoms. The number of phosphoric acid groups is 1. The Morgan fingerprint density at radius 1 is 0.586 bits per heavy atom. The van der Waals surface area contributed by atoms with E-state index in [0.29, 0.717) is 17.4 Å². The number of carbonyl (C=O) groups is 1. The maximum Gasteiger partial charge on any atom is 0.268 e. The molecule has 1 amide bonds. The summed E-state index contributed by atoms with van der Waals surface area (Å²) in [5.41, 5.74) is 0. The molecule has 0 aliphatic heterocycles. The molecule has 0 rings (SSSR count). The Kier molecular flexibility index (Phi) is 40.6. The van der Waals surface area contributed by atoms with Crippen LogP contribution in [0.25, 0.3) is 0 Å². The molecule has 0 spiro atoms. The Hall–Kier alpha value is -1.02. The van der Waals surface area contributed by atoms with Gasteiger partial charge in [0.15, 0.2) is 0 Å². The fourth-order valence-corrected chi connectivity index (χ4v) is 7.93. The number of hydrogen-bond acceptors (Lipinski definition) is 6. The standard InChI is InChI=1S/C49H97N2O6P/c1-6-8-10-12-13-14-15-16-17-18-19-20-21-22-23-24-25-26-27-28-29-30-31-32-33-34-35-36-37-39-41-43-49(53)50-47(48(52)42-40-38-11-9-7-2)46-57-58(54,55)56-45-44-51(3,4)5/h18-19,40,42,47-48,52H,6-17,20-39,41,43-46H2,1-5H3,(H-,50,53,54,55)/b19-18-,42-40+. The van der Waals surface area contributed by atoms with E-state index >= 15 is 0 Å². The summed E-state index contributed by atoms with van der Waals surface area (Å²) in [5, 5.41) is 13.6. The van der Waals surface area contributed by atoms with Gasteiger partial charge in [-0.15, -0.1) is 0 Å². The second-order valence-electron chi connectivity index (χ2n) is 18.2. The SMILES string of the molecule is CCCCC/C=C/C(O)C(COP(=O)([O-])OCC[N+](C)(C)C)NC(=O)CCCCCCCCCCCCCCCCCCCCC/C=C\CCCCCCCCCC. The first kappa shape index (κ1) is 57.0. The highest BCUT2D eigenvalue weighted by atomic mass is 31.2. The Bertz CT molecular complexity index is 1000. The summed E-state index contributed by atoms with van der Waals surface area (Å²) in [4.78, 5) is 25.1. The summed E-state index contributed by atoms with van der Waals surface area (Å²) in [6.07, 6.45) is 50.2. The fraction of sp³-hybridized carbons (Fsp3) is 0.898. The van der Waals surface area contributed by atoms with Crippen LogP contribution in [-0.4, -0.2) is 68.5 Å². The average Bonchev–Trinajstić information content (AvgIpc) is 3.17. The number of aliphatic hydroxyl groups is 1. The third kappa shape index (κ3) is 43.1. The smallest absolute Gasteiger partial charge is 0.268 e. The second-order valence-corrected chi connectivity index (χ2v) is 19.6. The van der Waals surface area contributed by atoms with Crippen LogP contribution in [0.15, 0.2) is 24.3 Å².